The fourth-order valence-electron chi connectivity index (χ4n) is 2.94. The molecule has 0 aromatic heterocycles. The second-order valence-electron chi connectivity index (χ2n) is 6.72. The highest BCUT2D eigenvalue weighted by Gasteiger charge is 2.36. The molecule has 0 spiro atoms. The highest BCUT2D eigenvalue weighted by atomic mass is 35.5. The van der Waals surface area contributed by atoms with Gasteiger partial charge in [-0.1, -0.05) is 11.6 Å². The number of benzene rings is 2. The molecule has 0 aliphatic carbocycles. The van der Waals surface area contributed by atoms with Crippen LogP contribution in [0.15, 0.2) is 41.4 Å². The van der Waals surface area contributed by atoms with Crippen molar-refractivity contribution in [3.8, 4) is 5.75 Å². The average molecular weight is 407 g/mol. The molecule has 0 bridgehead atoms. The average Bonchev–Trinajstić information content (AvgIpc) is 2.68. The van der Waals surface area contributed by atoms with E-state index in [4.69, 9.17) is 21.1 Å². The van der Waals surface area contributed by atoms with Gasteiger partial charge in [0, 0.05) is 25.0 Å². The summed E-state index contributed by atoms with van der Waals surface area (Å²) in [4.78, 5) is 6.57. The van der Waals surface area contributed by atoms with Gasteiger partial charge in [0.15, 0.2) is 0 Å². The number of hydrogen-bond acceptors (Lipinski definition) is 6. The number of anilines is 2. The predicted octanol–water partition coefficient (Wildman–Crippen LogP) is 4.13. The van der Waals surface area contributed by atoms with E-state index in [1.54, 1.807) is 19.5 Å². The van der Waals surface area contributed by atoms with Crippen LogP contribution in [0.1, 0.15) is 12.0 Å². The molecule has 3 rings (SSSR count). The Morgan fingerprint density at radius 2 is 2.07 bits per heavy atom. The summed E-state index contributed by atoms with van der Waals surface area (Å²) in [6, 6.07) is 10.1. The van der Waals surface area contributed by atoms with Gasteiger partial charge in [0.2, 0.25) is 0 Å². The maximum atomic E-state index is 13.5. The van der Waals surface area contributed by atoms with Crippen LogP contribution < -0.4 is 15.4 Å². The van der Waals surface area contributed by atoms with Crippen LogP contribution in [0, 0.1) is 5.82 Å². The van der Waals surface area contributed by atoms with E-state index in [9.17, 15) is 4.39 Å². The lowest BCUT2D eigenvalue weighted by molar-refractivity contribution is 0.0189. The normalized spacial score (nSPS) is 17.9. The third-order valence-electron chi connectivity index (χ3n) is 4.37. The van der Waals surface area contributed by atoms with Crippen molar-refractivity contribution in [3.63, 3.8) is 0 Å². The minimum absolute atomic E-state index is 0.0207. The Morgan fingerprint density at radius 3 is 2.79 bits per heavy atom. The van der Waals surface area contributed by atoms with Gasteiger partial charge >= 0.3 is 0 Å². The first kappa shape index (κ1) is 20.4. The predicted molar refractivity (Wildman–Crippen MR) is 111 cm³/mol. The fourth-order valence-corrected chi connectivity index (χ4v) is 3.12. The first-order valence-electron chi connectivity index (χ1n) is 8.94. The number of ether oxygens (including phenoxy) is 2. The van der Waals surface area contributed by atoms with Crippen molar-refractivity contribution >= 4 is 29.3 Å². The van der Waals surface area contributed by atoms with Crippen molar-refractivity contribution in [2.75, 3.05) is 45.0 Å². The zero-order chi connectivity index (χ0) is 20.1. The lowest BCUT2D eigenvalue weighted by Crippen LogP contribution is -2.39. The van der Waals surface area contributed by atoms with E-state index in [-0.39, 0.29) is 5.02 Å². The second-order valence-corrected chi connectivity index (χ2v) is 7.12. The number of rotatable bonds is 8. The Kier molecular flexibility index (Phi) is 6.39. The zero-order valence-corrected chi connectivity index (χ0v) is 16.9. The number of methoxy groups -OCH3 is 1. The maximum Gasteiger partial charge on any atom is 0.268 e. The van der Waals surface area contributed by atoms with Crippen molar-refractivity contribution in [1.82, 2.24) is 4.90 Å². The number of hydrogen-bond donors (Lipinski definition) is 2. The molecular formula is C20H24ClFN4O2. The van der Waals surface area contributed by atoms with Crippen LogP contribution in [0.4, 0.5) is 15.8 Å². The molecule has 0 fully saturated rings. The Balaban J connectivity index is 1.85. The summed E-state index contributed by atoms with van der Waals surface area (Å²) >= 11 is 5.91. The van der Waals surface area contributed by atoms with Gasteiger partial charge < -0.3 is 25.0 Å². The van der Waals surface area contributed by atoms with E-state index >= 15 is 0 Å². The number of aliphatic imine (C=N–C) groups is 1. The first-order valence-corrected chi connectivity index (χ1v) is 9.32. The Morgan fingerprint density at radius 1 is 1.25 bits per heavy atom. The van der Waals surface area contributed by atoms with Crippen molar-refractivity contribution in [2.45, 2.75) is 12.3 Å². The van der Waals surface area contributed by atoms with Crippen molar-refractivity contribution in [3.05, 3.63) is 52.8 Å². The number of fused-ring (bicyclic) bond motifs is 1. The minimum atomic E-state index is -1.19. The molecule has 28 heavy (non-hydrogen) atoms. The molecule has 150 valence electrons. The molecule has 8 heteroatoms. The van der Waals surface area contributed by atoms with Gasteiger partial charge in [-0.2, -0.15) is 0 Å². The van der Waals surface area contributed by atoms with Gasteiger partial charge in [-0.25, -0.2) is 9.38 Å². The largest absolute Gasteiger partial charge is 0.494 e. The summed E-state index contributed by atoms with van der Waals surface area (Å²) in [5.41, 5.74) is 2.16. The van der Waals surface area contributed by atoms with Gasteiger partial charge in [0.1, 0.15) is 11.6 Å². The Hall–Kier alpha value is -2.35. The van der Waals surface area contributed by atoms with Crippen molar-refractivity contribution < 1.29 is 13.9 Å². The molecule has 0 saturated carbocycles. The molecule has 2 N–H and O–H groups in total. The smallest absolute Gasteiger partial charge is 0.268 e. The van der Waals surface area contributed by atoms with E-state index in [1.807, 2.05) is 32.3 Å². The molecule has 1 aliphatic rings. The van der Waals surface area contributed by atoms with Crippen molar-refractivity contribution in [2.24, 2.45) is 4.99 Å². The third kappa shape index (κ3) is 4.55. The molecular weight excluding hydrogens is 383 g/mol. The molecule has 0 radical (unpaired) electrons. The molecule has 2 aromatic carbocycles. The highest BCUT2D eigenvalue weighted by Crippen LogP contribution is 2.38. The van der Waals surface area contributed by atoms with Crippen molar-refractivity contribution in [1.29, 1.82) is 0 Å². The summed E-state index contributed by atoms with van der Waals surface area (Å²) in [6.45, 7) is 1.56. The van der Waals surface area contributed by atoms with Crippen LogP contribution in [0.25, 0.3) is 0 Å². The topological polar surface area (TPSA) is 58.1 Å². The summed E-state index contributed by atoms with van der Waals surface area (Å²) < 4.78 is 25.1. The molecule has 6 nitrogen and oxygen atoms in total. The van der Waals surface area contributed by atoms with E-state index in [1.165, 1.54) is 12.1 Å². The second kappa shape index (κ2) is 8.77. The lowest BCUT2D eigenvalue weighted by Gasteiger charge is -2.34. The summed E-state index contributed by atoms with van der Waals surface area (Å²) in [6.07, 6.45) is 2.48. The quantitative estimate of drug-likeness (QED) is 0.510. The van der Waals surface area contributed by atoms with E-state index in [0.29, 0.717) is 12.3 Å². The van der Waals surface area contributed by atoms with E-state index in [0.717, 1.165) is 30.0 Å². The fraction of sp³-hybridized carbons (Fsp3) is 0.350. The lowest BCUT2D eigenvalue weighted by atomic mass is 10.0. The Labute approximate surface area is 169 Å². The molecule has 0 saturated heterocycles. The highest BCUT2D eigenvalue weighted by molar-refractivity contribution is 6.31. The van der Waals surface area contributed by atoms with Gasteiger partial charge in [-0.05, 0) is 56.9 Å². The number of nitrogens with zero attached hydrogens (tertiary/aromatic N) is 2. The van der Waals surface area contributed by atoms with Crippen LogP contribution in [-0.4, -0.2) is 45.6 Å². The molecule has 1 unspecified atom stereocenters. The van der Waals surface area contributed by atoms with Crippen LogP contribution in [0.2, 0.25) is 5.02 Å². The van der Waals surface area contributed by atoms with Crippen LogP contribution >= 0.6 is 11.6 Å². The summed E-state index contributed by atoms with van der Waals surface area (Å²) in [5.74, 6) is -0.955. The van der Waals surface area contributed by atoms with Crippen LogP contribution in [0.3, 0.4) is 0 Å². The molecule has 1 heterocycles. The SMILES string of the molecule is COC1(Nc2ccc(F)c(Cl)c2)N=CNc2ccc(OCCCN(C)C)cc21. The monoisotopic (exact) mass is 406 g/mol. The molecule has 1 aliphatic heterocycles. The van der Waals surface area contributed by atoms with Crippen LogP contribution in [0.5, 0.6) is 5.75 Å². The van der Waals surface area contributed by atoms with E-state index in [2.05, 4.69) is 20.5 Å². The summed E-state index contributed by atoms with van der Waals surface area (Å²) in [5, 5.41) is 6.33. The van der Waals surface area contributed by atoms with Gasteiger partial charge in [-0.15, -0.1) is 0 Å². The molecule has 0 amide bonds. The summed E-state index contributed by atoms with van der Waals surface area (Å²) in [7, 11) is 5.61. The molecule has 2 aromatic rings. The minimum Gasteiger partial charge on any atom is -0.494 e. The number of nitrogens with one attached hydrogen (secondary N) is 2. The van der Waals surface area contributed by atoms with Gasteiger partial charge in [-0.3, -0.25) is 0 Å². The van der Waals surface area contributed by atoms with Gasteiger partial charge in [0.25, 0.3) is 5.85 Å². The number of halogens is 2. The first-order chi connectivity index (χ1) is 13.4. The Bertz CT molecular complexity index is 862. The van der Waals surface area contributed by atoms with Gasteiger partial charge in [0.05, 0.1) is 23.5 Å². The standard InChI is InChI=1S/C20H24ClFN4O2/c1-26(2)9-4-10-28-15-6-8-19-16(12-15)20(27-3,24-13-23-19)25-14-5-7-18(22)17(21)11-14/h5-8,11-13,25H,4,9-10H2,1-3H3,(H,23,24). The van der Waals surface area contributed by atoms with Crippen LogP contribution in [-0.2, 0) is 10.6 Å². The maximum absolute atomic E-state index is 13.5. The zero-order valence-electron chi connectivity index (χ0n) is 16.1. The van der Waals surface area contributed by atoms with E-state index < -0.39 is 11.7 Å². The third-order valence-corrected chi connectivity index (χ3v) is 4.66. The molecule has 1 atom stereocenters.